The molecule has 2 unspecified atom stereocenters. The zero-order chi connectivity index (χ0) is 3.98. The lowest BCUT2D eigenvalue weighted by Crippen LogP contribution is -1.97. The van der Waals surface area contributed by atoms with Gasteiger partial charge in [0.1, 0.15) is 0 Å². The lowest BCUT2D eigenvalue weighted by Gasteiger charge is -1.83. The van der Waals surface area contributed by atoms with E-state index in [0.29, 0.717) is 0 Å². The second-order valence-corrected chi connectivity index (χ2v) is 1.98. The average molecular weight is 84.1 g/mol. The highest BCUT2D eigenvalue weighted by Crippen LogP contribution is 2.22. The first-order valence-corrected chi connectivity index (χ1v) is 2.49. The van der Waals surface area contributed by atoms with Crippen LogP contribution in [0.1, 0.15) is 12.8 Å². The maximum atomic E-state index is 3.20. The maximum Gasteiger partial charge on any atom is 0.0864 e. The van der Waals surface area contributed by atoms with Gasteiger partial charge in [-0.05, 0) is 12.8 Å². The summed E-state index contributed by atoms with van der Waals surface area (Å²) in [5.41, 5.74) is 3.20. The second kappa shape index (κ2) is 0.768. The number of nitrogens with zero attached hydrogens (tertiary/aromatic N) is 1. The van der Waals surface area contributed by atoms with Crippen LogP contribution in [0.25, 0.3) is 0 Å². The van der Waals surface area contributed by atoms with Crippen molar-refractivity contribution >= 4 is 0 Å². The van der Waals surface area contributed by atoms with E-state index in [9.17, 15) is 0 Å². The number of nitrogens with one attached hydrogen (secondary N) is 1. The van der Waals surface area contributed by atoms with Gasteiger partial charge in [0.15, 0.2) is 0 Å². The Morgan fingerprint density at radius 3 is 2.83 bits per heavy atom. The molecule has 0 bridgehead atoms. The van der Waals surface area contributed by atoms with Crippen LogP contribution in [0.4, 0.5) is 0 Å². The fourth-order valence-electron chi connectivity index (χ4n) is 1.05. The van der Waals surface area contributed by atoms with Crippen LogP contribution in [0.2, 0.25) is 0 Å². The minimum absolute atomic E-state index is 0.796. The van der Waals surface area contributed by atoms with Crippen LogP contribution in [0, 0.1) is 0 Å². The zero-order valence-electron chi connectivity index (χ0n) is 3.65. The van der Waals surface area contributed by atoms with Crippen molar-refractivity contribution < 1.29 is 0 Å². The first kappa shape index (κ1) is 2.99. The highest BCUT2D eigenvalue weighted by Gasteiger charge is 2.36. The first-order valence-electron chi connectivity index (χ1n) is 2.49. The van der Waals surface area contributed by atoms with E-state index in [1.807, 2.05) is 0 Å². The summed E-state index contributed by atoms with van der Waals surface area (Å²) >= 11 is 0. The molecule has 0 amide bonds. The van der Waals surface area contributed by atoms with Crippen LogP contribution < -0.4 is 5.43 Å². The van der Waals surface area contributed by atoms with E-state index < -0.39 is 0 Å². The largest absolute Gasteiger partial charge is 0.235 e. The molecule has 2 heterocycles. The van der Waals surface area contributed by atoms with Gasteiger partial charge in [-0.1, -0.05) is 0 Å². The SMILES string of the molecule is C1CC2NN2C1. The van der Waals surface area contributed by atoms with Crippen molar-refractivity contribution in [1.82, 2.24) is 10.4 Å². The number of hydrazine groups is 1. The van der Waals surface area contributed by atoms with Gasteiger partial charge in [0.05, 0.1) is 6.17 Å². The molecule has 2 aliphatic heterocycles. The predicted octanol–water partition coefficient (Wildman–Crippen LogP) is -0.0735. The molecule has 2 fully saturated rings. The number of rotatable bonds is 0. The Hall–Kier alpha value is -0.0800. The summed E-state index contributed by atoms with van der Waals surface area (Å²) in [6, 6.07) is 0. The normalized spacial score (nSPS) is 52.0. The first-order chi connectivity index (χ1) is 2.97. The minimum atomic E-state index is 0.796. The molecule has 1 N–H and O–H groups in total. The monoisotopic (exact) mass is 84.1 g/mol. The highest BCUT2D eigenvalue weighted by atomic mass is 15.8. The molecule has 0 spiro atoms. The number of fused-ring (bicyclic) bond motifs is 1. The van der Waals surface area contributed by atoms with Gasteiger partial charge >= 0.3 is 0 Å². The van der Waals surface area contributed by atoms with Crippen LogP contribution in [0.5, 0.6) is 0 Å². The summed E-state index contributed by atoms with van der Waals surface area (Å²) in [5, 5.41) is 2.28. The summed E-state index contributed by atoms with van der Waals surface area (Å²) in [6.07, 6.45) is 3.57. The fraction of sp³-hybridized carbons (Fsp3) is 1.00. The van der Waals surface area contributed by atoms with Gasteiger partial charge in [0.2, 0.25) is 0 Å². The van der Waals surface area contributed by atoms with Crippen LogP contribution >= 0.6 is 0 Å². The van der Waals surface area contributed by atoms with E-state index in [0.717, 1.165) is 6.17 Å². The molecule has 0 radical (unpaired) electrons. The van der Waals surface area contributed by atoms with Crippen LogP contribution in [0.3, 0.4) is 0 Å². The molecule has 0 aromatic heterocycles. The number of hydrogen-bond donors (Lipinski definition) is 1. The van der Waals surface area contributed by atoms with Crippen molar-refractivity contribution in [2.45, 2.75) is 19.0 Å². The van der Waals surface area contributed by atoms with Gasteiger partial charge in [-0.25, -0.2) is 10.4 Å². The third-order valence-corrected chi connectivity index (χ3v) is 1.50. The smallest absolute Gasteiger partial charge is 0.0864 e. The van der Waals surface area contributed by atoms with Crippen molar-refractivity contribution in [3.63, 3.8) is 0 Å². The molecular formula is C4H8N2. The van der Waals surface area contributed by atoms with Crippen molar-refractivity contribution in [1.29, 1.82) is 0 Å². The Bertz CT molecular complexity index is 63.9. The van der Waals surface area contributed by atoms with Crippen LogP contribution in [-0.4, -0.2) is 17.7 Å². The Balaban J connectivity index is 2.09. The van der Waals surface area contributed by atoms with Gasteiger partial charge in [0.25, 0.3) is 0 Å². The molecule has 2 nitrogen and oxygen atoms in total. The molecule has 2 aliphatic rings. The molecular weight excluding hydrogens is 76.1 g/mol. The summed E-state index contributed by atoms with van der Waals surface area (Å²) in [7, 11) is 0. The van der Waals surface area contributed by atoms with E-state index in [-0.39, 0.29) is 0 Å². The van der Waals surface area contributed by atoms with Crippen LogP contribution in [0.15, 0.2) is 0 Å². The molecule has 2 heteroatoms. The lowest BCUT2D eigenvalue weighted by molar-refractivity contribution is 0.541. The van der Waals surface area contributed by atoms with E-state index in [4.69, 9.17) is 0 Å². The molecule has 6 heavy (non-hydrogen) atoms. The predicted molar refractivity (Wildman–Crippen MR) is 22.9 cm³/mol. The van der Waals surface area contributed by atoms with E-state index >= 15 is 0 Å². The van der Waals surface area contributed by atoms with Crippen molar-refractivity contribution in [3.05, 3.63) is 0 Å². The Morgan fingerprint density at radius 1 is 1.67 bits per heavy atom. The van der Waals surface area contributed by atoms with Crippen molar-refractivity contribution in [2.75, 3.05) is 6.54 Å². The molecule has 2 atom stereocenters. The zero-order valence-corrected chi connectivity index (χ0v) is 3.65. The Morgan fingerprint density at radius 2 is 2.67 bits per heavy atom. The maximum absolute atomic E-state index is 3.20. The van der Waals surface area contributed by atoms with E-state index in [1.165, 1.54) is 19.4 Å². The summed E-state index contributed by atoms with van der Waals surface area (Å²) in [6.45, 7) is 1.28. The standard InChI is InChI=1S/C4H8N2/c1-2-4-5-6(4)3-1/h4-5H,1-3H2. The third-order valence-electron chi connectivity index (χ3n) is 1.50. The van der Waals surface area contributed by atoms with Gasteiger partial charge in [-0.3, -0.25) is 0 Å². The minimum Gasteiger partial charge on any atom is -0.235 e. The molecule has 2 rings (SSSR count). The van der Waals surface area contributed by atoms with E-state index in [2.05, 4.69) is 10.4 Å². The summed E-state index contributed by atoms with van der Waals surface area (Å²) < 4.78 is 0. The molecule has 0 saturated carbocycles. The summed E-state index contributed by atoms with van der Waals surface area (Å²) in [5.74, 6) is 0. The molecule has 0 aliphatic carbocycles. The highest BCUT2D eigenvalue weighted by molar-refractivity contribution is 4.84. The molecule has 0 aromatic rings. The lowest BCUT2D eigenvalue weighted by atomic mass is 10.3. The Labute approximate surface area is 37.1 Å². The van der Waals surface area contributed by atoms with Crippen molar-refractivity contribution in [3.8, 4) is 0 Å². The Kier molecular flexibility index (Phi) is 0.383. The molecule has 2 saturated heterocycles. The van der Waals surface area contributed by atoms with Gasteiger partial charge in [0, 0.05) is 6.54 Å². The van der Waals surface area contributed by atoms with Gasteiger partial charge < -0.3 is 0 Å². The van der Waals surface area contributed by atoms with E-state index in [1.54, 1.807) is 0 Å². The topological polar surface area (TPSA) is 25.0 Å². The van der Waals surface area contributed by atoms with Gasteiger partial charge in [-0.15, -0.1) is 0 Å². The fourth-order valence-corrected chi connectivity index (χ4v) is 1.05. The van der Waals surface area contributed by atoms with Crippen molar-refractivity contribution in [2.24, 2.45) is 0 Å². The molecule has 0 aromatic carbocycles. The second-order valence-electron chi connectivity index (χ2n) is 1.98. The number of hydrogen-bond acceptors (Lipinski definition) is 2. The average Bonchev–Trinajstić information content (AvgIpc) is 2.17. The third kappa shape index (κ3) is 0.235. The molecule has 34 valence electrons. The van der Waals surface area contributed by atoms with Gasteiger partial charge in [-0.2, -0.15) is 0 Å². The quantitative estimate of drug-likeness (QED) is 0.415. The summed E-state index contributed by atoms with van der Waals surface area (Å²) in [4.78, 5) is 0. The van der Waals surface area contributed by atoms with Crippen LogP contribution in [-0.2, 0) is 0 Å².